The molecule has 29 heavy (non-hydrogen) atoms. The summed E-state index contributed by atoms with van der Waals surface area (Å²) in [6, 6.07) is 11.8. The molecule has 2 aromatic carbocycles. The summed E-state index contributed by atoms with van der Waals surface area (Å²) < 4.78 is 11.4. The van der Waals surface area contributed by atoms with Crippen LogP contribution in [0.25, 0.3) is 0 Å². The maximum absolute atomic E-state index is 12.5. The molecule has 0 saturated carbocycles. The first-order chi connectivity index (χ1) is 13.9. The molecule has 0 radical (unpaired) electrons. The van der Waals surface area contributed by atoms with Crippen molar-refractivity contribution in [3.05, 3.63) is 52.5 Å². The van der Waals surface area contributed by atoms with Gasteiger partial charge in [0.15, 0.2) is 0 Å². The first kappa shape index (κ1) is 20.7. The third-order valence-corrected chi connectivity index (χ3v) is 5.11. The maximum Gasteiger partial charge on any atom is 0.269 e. The summed E-state index contributed by atoms with van der Waals surface area (Å²) >= 11 is 3.30. The van der Waals surface area contributed by atoms with E-state index in [1.165, 1.54) is 12.0 Å². The number of carbonyl (C=O) groups excluding carboxylic acids is 3. The first-order valence-corrected chi connectivity index (χ1v) is 9.60. The molecule has 0 unspecified atom stereocenters. The van der Waals surface area contributed by atoms with Crippen LogP contribution in [0.4, 0.5) is 5.69 Å². The molecule has 0 aromatic heterocycles. The largest absolute Gasteiger partial charge is 0.497 e. The molecule has 1 aliphatic heterocycles. The number of benzene rings is 2. The Morgan fingerprint density at radius 3 is 2.45 bits per heavy atom. The van der Waals surface area contributed by atoms with Gasteiger partial charge in [-0.1, -0.05) is 15.9 Å². The van der Waals surface area contributed by atoms with E-state index in [0.717, 1.165) is 4.47 Å². The summed E-state index contributed by atoms with van der Waals surface area (Å²) in [6.45, 7) is 0.182. The van der Waals surface area contributed by atoms with Crippen LogP contribution in [0.2, 0.25) is 0 Å². The van der Waals surface area contributed by atoms with Crippen LogP contribution in [0, 0.1) is 5.92 Å². The lowest BCUT2D eigenvalue weighted by Crippen LogP contribution is -2.45. The molecule has 1 aliphatic rings. The maximum atomic E-state index is 12.5. The molecule has 152 valence electrons. The van der Waals surface area contributed by atoms with Crippen LogP contribution < -0.4 is 25.2 Å². The molecule has 0 bridgehead atoms. The van der Waals surface area contributed by atoms with E-state index in [1.54, 1.807) is 49.6 Å². The third kappa shape index (κ3) is 4.68. The number of methoxy groups -OCH3 is 2. The van der Waals surface area contributed by atoms with Gasteiger partial charge in [0.2, 0.25) is 11.8 Å². The monoisotopic (exact) mass is 461 g/mol. The van der Waals surface area contributed by atoms with Crippen molar-refractivity contribution in [1.29, 1.82) is 0 Å². The average Bonchev–Trinajstić information content (AvgIpc) is 3.13. The molecule has 9 heteroatoms. The molecule has 3 amide bonds. The van der Waals surface area contributed by atoms with Gasteiger partial charge < -0.3 is 14.4 Å². The number of anilines is 1. The molecule has 2 N–H and O–H groups in total. The van der Waals surface area contributed by atoms with Gasteiger partial charge in [-0.25, -0.2) is 0 Å². The van der Waals surface area contributed by atoms with E-state index in [9.17, 15) is 14.4 Å². The number of hydrazine groups is 1. The van der Waals surface area contributed by atoms with E-state index >= 15 is 0 Å². The molecule has 8 nitrogen and oxygen atoms in total. The molecule has 1 fully saturated rings. The number of ether oxygens (including phenoxy) is 2. The second kappa shape index (κ2) is 8.95. The third-order valence-electron chi connectivity index (χ3n) is 4.58. The van der Waals surface area contributed by atoms with Gasteiger partial charge in [0, 0.05) is 29.1 Å². The first-order valence-electron chi connectivity index (χ1n) is 8.81. The molecule has 1 heterocycles. The highest BCUT2D eigenvalue weighted by Crippen LogP contribution is 2.35. The smallest absolute Gasteiger partial charge is 0.269 e. The Balaban J connectivity index is 1.63. The van der Waals surface area contributed by atoms with Gasteiger partial charge in [0.05, 0.1) is 25.8 Å². The van der Waals surface area contributed by atoms with Crippen molar-refractivity contribution in [3.63, 3.8) is 0 Å². The minimum atomic E-state index is -0.598. The topological polar surface area (TPSA) is 97.0 Å². The summed E-state index contributed by atoms with van der Waals surface area (Å²) in [7, 11) is 3.04. The number of amides is 3. The van der Waals surface area contributed by atoms with Crippen LogP contribution in [-0.4, -0.2) is 38.5 Å². The second-order valence-electron chi connectivity index (χ2n) is 6.39. The zero-order chi connectivity index (χ0) is 21.0. The Bertz CT molecular complexity index is 932. The van der Waals surface area contributed by atoms with E-state index in [4.69, 9.17) is 9.47 Å². The van der Waals surface area contributed by atoms with Crippen LogP contribution in [0.5, 0.6) is 11.5 Å². The number of nitrogens with one attached hydrogen (secondary N) is 2. The van der Waals surface area contributed by atoms with Crippen LogP contribution >= 0.6 is 15.9 Å². The van der Waals surface area contributed by atoms with Gasteiger partial charge in [-0.15, -0.1) is 0 Å². The number of carbonyl (C=O) groups is 3. The summed E-state index contributed by atoms with van der Waals surface area (Å²) in [6.07, 6.45) is 0.0369. The summed E-state index contributed by atoms with van der Waals surface area (Å²) in [5, 5.41) is 0. The molecular weight excluding hydrogens is 442 g/mol. The minimum absolute atomic E-state index is 0.0369. The highest BCUT2D eigenvalue weighted by atomic mass is 79.9. The fourth-order valence-electron chi connectivity index (χ4n) is 3.02. The van der Waals surface area contributed by atoms with Crippen molar-refractivity contribution in [1.82, 2.24) is 10.9 Å². The fraction of sp³-hybridized carbons (Fsp3) is 0.250. The molecular formula is C20H20BrN3O5. The van der Waals surface area contributed by atoms with Crippen molar-refractivity contribution in [2.45, 2.75) is 6.42 Å². The molecule has 1 saturated heterocycles. The van der Waals surface area contributed by atoms with Crippen molar-refractivity contribution >= 4 is 39.3 Å². The quantitative estimate of drug-likeness (QED) is 0.665. The number of rotatable bonds is 5. The fourth-order valence-corrected chi connectivity index (χ4v) is 3.28. The van der Waals surface area contributed by atoms with E-state index in [0.29, 0.717) is 22.7 Å². The number of nitrogens with zero attached hydrogens (tertiary/aromatic N) is 1. The van der Waals surface area contributed by atoms with Gasteiger partial charge >= 0.3 is 0 Å². The number of hydrogen-bond acceptors (Lipinski definition) is 5. The normalized spacial score (nSPS) is 15.8. The molecule has 0 spiro atoms. The Kier molecular flexibility index (Phi) is 6.38. The van der Waals surface area contributed by atoms with Crippen molar-refractivity contribution < 1.29 is 23.9 Å². The predicted octanol–water partition coefficient (Wildman–Crippen LogP) is 2.28. The highest BCUT2D eigenvalue weighted by Gasteiger charge is 2.36. The number of halogens is 1. The van der Waals surface area contributed by atoms with Gasteiger partial charge in [-0.2, -0.15) is 0 Å². The van der Waals surface area contributed by atoms with Crippen LogP contribution in [0.15, 0.2) is 46.9 Å². The summed E-state index contributed by atoms with van der Waals surface area (Å²) in [5.74, 6) is -0.598. The Hall–Kier alpha value is -3.07. The minimum Gasteiger partial charge on any atom is -0.497 e. The molecule has 3 rings (SSSR count). The van der Waals surface area contributed by atoms with Crippen LogP contribution in [0.1, 0.15) is 16.8 Å². The zero-order valence-corrected chi connectivity index (χ0v) is 17.5. The van der Waals surface area contributed by atoms with E-state index in [1.807, 2.05) is 0 Å². The lowest BCUT2D eigenvalue weighted by atomic mass is 10.1. The second-order valence-corrected chi connectivity index (χ2v) is 7.31. The summed E-state index contributed by atoms with van der Waals surface area (Å²) in [4.78, 5) is 38.5. The Morgan fingerprint density at radius 1 is 1.07 bits per heavy atom. The molecule has 0 aliphatic carbocycles. The summed E-state index contributed by atoms with van der Waals surface area (Å²) in [5.41, 5.74) is 5.74. The average molecular weight is 462 g/mol. The lowest BCUT2D eigenvalue weighted by molar-refractivity contribution is -0.126. The van der Waals surface area contributed by atoms with Gasteiger partial charge in [0.1, 0.15) is 11.5 Å². The SMILES string of the molecule is COc1ccc(N2C[C@@H](C(=O)NNC(=O)c3ccc(Br)cc3)CC2=O)c(OC)c1. The molecule has 2 aromatic rings. The van der Waals surface area contributed by atoms with Crippen molar-refractivity contribution in [2.75, 3.05) is 25.7 Å². The van der Waals surface area contributed by atoms with Gasteiger partial charge in [-0.3, -0.25) is 25.2 Å². The van der Waals surface area contributed by atoms with Crippen LogP contribution in [0.3, 0.4) is 0 Å². The lowest BCUT2D eigenvalue weighted by Gasteiger charge is -2.20. The van der Waals surface area contributed by atoms with Crippen molar-refractivity contribution in [2.24, 2.45) is 5.92 Å². The predicted molar refractivity (Wildman–Crippen MR) is 110 cm³/mol. The Labute approximate surface area is 176 Å². The zero-order valence-electron chi connectivity index (χ0n) is 15.9. The van der Waals surface area contributed by atoms with E-state index in [2.05, 4.69) is 26.8 Å². The van der Waals surface area contributed by atoms with E-state index < -0.39 is 17.7 Å². The Morgan fingerprint density at radius 2 is 1.79 bits per heavy atom. The van der Waals surface area contributed by atoms with Crippen molar-refractivity contribution in [3.8, 4) is 11.5 Å². The van der Waals surface area contributed by atoms with Crippen LogP contribution in [-0.2, 0) is 9.59 Å². The van der Waals surface area contributed by atoms with Gasteiger partial charge in [0.25, 0.3) is 5.91 Å². The standard InChI is InChI=1S/C20H20BrN3O5/c1-28-15-7-8-16(17(10-15)29-2)24-11-13(9-18(24)25)20(27)23-22-19(26)12-3-5-14(21)6-4-12/h3-8,10,13H,9,11H2,1-2H3,(H,22,26)(H,23,27)/t13-/m0/s1. The van der Waals surface area contributed by atoms with Gasteiger partial charge in [-0.05, 0) is 36.4 Å². The van der Waals surface area contributed by atoms with E-state index in [-0.39, 0.29) is 18.9 Å². The highest BCUT2D eigenvalue weighted by molar-refractivity contribution is 9.10. The molecule has 1 atom stereocenters. The number of hydrogen-bond donors (Lipinski definition) is 2.